The molecule has 0 heterocycles. The van der Waals surface area contributed by atoms with E-state index in [1.807, 2.05) is 32.9 Å². The summed E-state index contributed by atoms with van der Waals surface area (Å²) in [6.45, 7) is 14.6. The molecule has 0 aliphatic heterocycles. The first-order valence-corrected chi connectivity index (χ1v) is 10.7. The summed E-state index contributed by atoms with van der Waals surface area (Å²) >= 11 is 0. The van der Waals surface area contributed by atoms with Gasteiger partial charge in [-0.25, -0.2) is 0 Å². The van der Waals surface area contributed by atoms with E-state index in [0.717, 1.165) is 27.8 Å². The van der Waals surface area contributed by atoms with E-state index in [4.69, 9.17) is 0 Å². The van der Waals surface area contributed by atoms with E-state index >= 15 is 0 Å². The number of rotatable bonds is 1. The van der Waals surface area contributed by atoms with Gasteiger partial charge in [-0.05, 0) is 44.2 Å². The van der Waals surface area contributed by atoms with Gasteiger partial charge < -0.3 is 9.79 Å². The van der Waals surface area contributed by atoms with Gasteiger partial charge in [-0.2, -0.15) is 0 Å². The summed E-state index contributed by atoms with van der Waals surface area (Å²) < 4.78 is 12.5. The Morgan fingerprint density at radius 3 is 1.96 bits per heavy atom. The molecule has 0 bridgehead atoms. The average molecular weight is 372 g/mol. The lowest BCUT2D eigenvalue weighted by molar-refractivity contribution is 0.386. The Morgan fingerprint density at radius 2 is 1.46 bits per heavy atom. The molecule has 0 radical (unpaired) electrons. The largest absolute Gasteiger partial charge is 0.356 e. The van der Waals surface area contributed by atoms with E-state index < -0.39 is 7.60 Å². The van der Waals surface area contributed by atoms with E-state index in [1.54, 1.807) is 0 Å². The molecule has 3 nitrogen and oxygen atoms in total. The number of fused-ring (bicyclic) bond motifs is 3. The molecule has 4 heteroatoms. The smallest absolute Gasteiger partial charge is 0.321 e. The monoisotopic (exact) mass is 372 g/mol. The van der Waals surface area contributed by atoms with Crippen LogP contribution in [0.3, 0.4) is 0 Å². The molecule has 1 aliphatic carbocycles. The molecule has 0 saturated carbocycles. The van der Waals surface area contributed by atoms with Crippen LogP contribution in [0.25, 0.3) is 11.1 Å². The van der Waals surface area contributed by atoms with Crippen molar-refractivity contribution in [3.8, 4) is 11.1 Å². The first-order valence-electron chi connectivity index (χ1n) is 9.11. The molecule has 2 aromatic rings. The van der Waals surface area contributed by atoms with Gasteiger partial charge in [0.15, 0.2) is 0 Å². The summed E-state index contributed by atoms with van der Waals surface area (Å²) in [5.74, 6) is -0.0350. The highest BCUT2D eigenvalue weighted by molar-refractivity contribution is 7.60. The Labute approximate surface area is 156 Å². The fourth-order valence-electron chi connectivity index (χ4n) is 3.99. The second-order valence-corrected chi connectivity index (χ2v) is 11.0. The van der Waals surface area contributed by atoms with Crippen LogP contribution in [0.2, 0.25) is 0 Å². The maximum absolute atomic E-state index is 12.5. The molecule has 0 saturated heterocycles. The topological polar surface area (TPSA) is 57.5 Å². The van der Waals surface area contributed by atoms with Crippen LogP contribution in [0.5, 0.6) is 0 Å². The van der Waals surface area contributed by atoms with Gasteiger partial charge in [0.2, 0.25) is 0 Å². The third-order valence-electron chi connectivity index (χ3n) is 5.42. The minimum absolute atomic E-state index is 0.0339. The van der Waals surface area contributed by atoms with Gasteiger partial charge in [0.1, 0.15) is 0 Å². The van der Waals surface area contributed by atoms with Crippen molar-refractivity contribution in [3.63, 3.8) is 0 Å². The van der Waals surface area contributed by atoms with E-state index in [0.29, 0.717) is 0 Å². The van der Waals surface area contributed by atoms with Crippen molar-refractivity contribution < 1.29 is 14.4 Å². The lowest BCUT2D eigenvalue weighted by Crippen LogP contribution is -2.26. The van der Waals surface area contributed by atoms with Crippen LogP contribution in [0.4, 0.5) is 0 Å². The predicted molar refractivity (Wildman–Crippen MR) is 108 cm³/mol. The molecule has 1 unspecified atom stereocenters. The molecule has 26 heavy (non-hydrogen) atoms. The highest BCUT2D eigenvalue weighted by Crippen LogP contribution is 2.51. The van der Waals surface area contributed by atoms with Crippen molar-refractivity contribution in [2.24, 2.45) is 0 Å². The Balaban J connectivity index is 2.33. The summed E-state index contributed by atoms with van der Waals surface area (Å²) in [5.41, 5.74) is 5.68. The summed E-state index contributed by atoms with van der Waals surface area (Å²) in [5, 5.41) is 0.225. The van der Waals surface area contributed by atoms with Gasteiger partial charge in [-0.3, -0.25) is 4.57 Å². The lowest BCUT2D eigenvalue weighted by atomic mass is 9.83. The van der Waals surface area contributed by atoms with Crippen LogP contribution in [0.15, 0.2) is 30.3 Å². The number of benzene rings is 2. The van der Waals surface area contributed by atoms with Crippen LogP contribution in [-0.2, 0) is 15.4 Å². The van der Waals surface area contributed by atoms with Crippen LogP contribution in [0.1, 0.15) is 76.6 Å². The average Bonchev–Trinajstić information content (AvgIpc) is 2.76. The number of hydrogen-bond acceptors (Lipinski definition) is 1. The summed E-state index contributed by atoms with van der Waals surface area (Å²) in [7, 11) is -4.40. The van der Waals surface area contributed by atoms with Crippen LogP contribution >= 0.6 is 7.60 Å². The summed E-state index contributed by atoms with van der Waals surface area (Å²) in [6, 6.07) is 10.4. The van der Waals surface area contributed by atoms with E-state index in [2.05, 4.69) is 45.9 Å². The van der Waals surface area contributed by atoms with E-state index in [9.17, 15) is 14.4 Å². The van der Waals surface area contributed by atoms with Crippen molar-refractivity contribution in [1.82, 2.24) is 0 Å². The zero-order valence-corrected chi connectivity index (χ0v) is 17.6. The molecule has 2 aromatic carbocycles. The molecular formula is C22H29O3P. The molecule has 2 N–H and O–H groups in total. The molecule has 1 aliphatic rings. The van der Waals surface area contributed by atoms with Crippen molar-refractivity contribution in [3.05, 3.63) is 52.6 Å². The first-order chi connectivity index (χ1) is 11.7. The molecule has 0 spiro atoms. The van der Waals surface area contributed by atoms with Crippen molar-refractivity contribution >= 4 is 12.9 Å². The third kappa shape index (κ3) is 3.07. The predicted octanol–water partition coefficient (Wildman–Crippen LogP) is 5.22. The Kier molecular flexibility index (Phi) is 4.31. The van der Waals surface area contributed by atoms with Gasteiger partial charge in [-0.1, -0.05) is 78.8 Å². The van der Waals surface area contributed by atoms with Crippen LogP contribution < -0.4 is 5.30 Å². The van der Waals surface area contributed by atoms with Gasteiger partial charge >= 0.3 is 7.60 Å². The molecule has 140 valence electrons. The van der Waals surface area contributed by atoms with Gasteiger partial charge in [0, 0.05) is 5.92 Å². The zero-order chi connectivity index (χ0) is 19.7. The van der Waals surface area contributed by atoms with Gasteiger partial charge in [0.25, 0.3) is 0 Å². The molecule has 0 aromatic heterocycles. The van der Waals surface area contributed by atoms with Crippen LogP contribution in [-0.4, -0.2) is 9.79 Å². The Hall–Kier alpha value is -1.41. The molecule has 1 atom stereocenters. The summed E-state index contributed by atoms with van der Waals surface area (Å²) in [6.07, 6.45) is 0. The fraction of sp³-hybridized carbons (Fsp3) is 0.455. The van der Waals surface area contributed by atoms with Crippen LogP contribution in [0, 0.1) is 0 Å². The second kappa shape index (κ2) is 5.79. The fourth-order valence-corrected chi connectivity index (χ4v) is 5.34. The normalized spacial score (nSPS) is 17.2. The molecule has 3 rings (SSSR count). The first kappa shape index (κ1) is 19.4. The maximum Gasteiger partial charge on any atom is 0.356 e. The highest BCUT2D eigenvalue weighted by atomic mass is 31.2. The van der Waals surface area contributed by atoms with Crippen molar-refractivity contribution in [2.45, 2.75) is 65.2 Å². The minimum atomic E-state index is -4.40. The second-order valence-electron chi connectivity index (χ2n) is 9.49. The summed E-state index contributed by atoms with van der Waals surface area (Å²) in [4.78, 5) is 20.4. The number of hydrogen-bond donors (Lipinski definition) is 2. The Bertz CT molecular complexity index is 924. The molecule has 0 amide bonds. The SMILES string of the molecule is CC1c2cc(C(C)(C)C)ccc2-c2ccc(C(C)(C)C)c(P(=O)(O)O)c21. The van der Waals surface area contributed by atoms with E-state index in [1.165, 1.54) is 5.56 Å². The molecular weight excluding hydrogens is 343 g/mol. The zero-order valence-electron chi connectivity index (χ0n) is 16.7. The third-order valence-corrected chi connectivity index (χ3v) is 6.49. The standard InChI is InChI=1S/C22H29O3P/c1-13-17-12-14(21(2,3)4)8-9-15(17)16-10-11-18(22(5,6)7)20(19(13)16)26(23,24)25/h8-13H,1-7H3,(H2,23,24,25). The minimum Gasteiger partial charge on any atom is -0.321 e. The van der Waals surface area contributed by atoms with Crippen molar-refractivity contribution in [1.29, 1.82) is 0 Å². The van der Waals surface area contributed by atoms with Gasteiger partial charge in [-0.15, -0.1) is 0 Å². The van der Waals surface area contributed by atoms with Gasteiger partial charge in [0.05, 0.1) is 5.30 Å². The lowest BCUT2D eigenvalue weighted by Gasteiger charge is -2.26. The quantitative estimate of drug-likeness (QED) is 0.675. The Morgan fingerprint density at radius 1 is 0.885 bits per heavy atom. The molecule has 0 fully saturated rings. The highest BCUT2D eigenvalue weighted by Gasteiger charge is 2.38. The van der Waals surface area contributed by atoms with E-state index in [-0.39, 0.29) is 22.1 Å². The van der Waals surface area contributed by atoms with Crippen molar-refractivity contribution in [2.75, 3.05) is 0 Å². The maximum atomic E-state index is 12.5.